The SMILES string of the molecule is C=C(C)/C(=C\N=CN(CCCC)CC(C)OC)N1CC(c2c(F)cc(OC)cc2F)CC1=O. The third-order valence-electron chi connectivity index (χ3n) is 5.67. The second-order valence-electron chi connectivity index (χ2n) is 8.36. The number of ether oxygens (including phenoxy) is 2. The highest BCUT2D eigenvalue weighted by molar-refractivity contribution is 5.82. The molecular formula is C25H35F2N3O3. The molecule has 2 atom stereocenters. The van der Waals surface area contributed by atoms with Crippen LogP contribution in [0.5, 0.6) is 5.75 Å². The normalized spacial score (nSPS) is 17.7. The zero-order valence-corrected chi connectivity index (χ0v) is 20.2. The molecule has 2 rings (SSSR count). The number of benzene rings is 1. The fourth-order valence-corrected chi connectivity index (χ4v) is 3.77. The van der Waals surface area contributed by atoms with Crippen LogP contribution in [0.3, 0.4) is 0 Å². The van der Waals surface area contributed by atoms with Crippen molar-refractivity contribution in [3.8, 4) is 5.75 Å². The average molecular weight is 464 g/mol. The first-order valence-corrected chi connectivity index (χ1v) is 11.2. The van der Waals surface area contributed by atoms with E-state index in [0.29, 0.717) is 17.8 Å². The molecule has 6 nitrogen and oxygen atoms in total. The molecule has 33 heavy (non-hydrogen) atoms. The van der Waals surface area contributed by atoms with Gasteiger partial charge in [0.25, 0.3) is 0 Å². The summed E-state index contributed by atoms with van der Waals surface area (Å²) in [6, 6.07) is 2.27. The summed E-state index contributed by atoms with van der Waals surface area (Å²) in [5.41, 5.74) is 1.07. The highest BCUT2D eigenvalue weighted by Crippen LogP contribution is 2.36. The van der Waals surface area contributed by atoms with Crippen molar-refractivity contribution >= 4 is 12.2 Å². The van der Waals surface area contributed by atoms with E-state index in [2.05, 4.69) is 23.4 Å². The van der Waals surface area contributed by atoms with Gasteiger partial charge in [-0.05, 0) is 25.8 Å². The number of allylic oxidation sites excluding steroid dienone is 1. The zero-order chi connectivity index (χ0) is 24.5. The molecule has 1 heterocycles. The van der Waals surface area contributed by atoms with E-state index in [-0.39, 0.29) is 36.3 Å². The quantitative estimate of drug-likeness (QED) is 0.252. The lowest BCUT2D eigenvalue weighted by Crippen LogP contribution is -2.31. The Balaban J connectivity index is 2.23. The summed E-state index contributed by atoms with van der Waals surface area (Å²) in [6.45, 7) is 11.5. The standard InChI is InChI=1S/C25H35F2N3O3/c1-7-8-9-29(14-18(4)32-5)16-28-13-23(17(2)3)30-15-19(10-24(30)31)25-21(26)11-20(33-6)12-22(25)27/h11-13,16,18-19H,2,7-10,14-15H2,1,3-6H3/b23-13+,28-16?. The number of hydrogen-bond acceptors (Lipinski definition) is 4. The molecule has 0 bridgehead atoms. The van der Waals surface area contributed by atoms with Crippen LogP contribution >= 0.6 is 0 Å². The van der Waals surface area contributed by atoms with Gasteiger partial charge >= 0.3 is 0 Å². The number of likely N-dealkylation sites (tertiary alicyclic amines) is 1. The lowest BCUT2D eigenvalue weighted by molar-refractivity contribution is -0.125. The fraction of sp³-hybridized carbons (Fsp3) is 0.520. The van der Waals surface area contributed by atoms with Crippen molar-refractivity contribution in [2.45, 2.75) is 52.1 Å². The summed E-state index contributed by atoms with van der Waals surface area (Å²) in [4.78, 5) is 20.8. The van der Waals surface area contributed by atoms with Crippen LogP contribution in [0.25, 0.3) is 0 Å². The number of nitrogens with zero attached hydrogens (tertiary/aromatic N) is 3. The summed E-state index contributed by atoms with van der Waals surface area (Å²) >= 11 is 0. The van der Waals surface area contributed by atoms with Crippen LogP contribution < -0.4 is 4.74 Å². The monoisotopic (exact) mass is 463 g/mol. The van der Waals surface area contributed by atoms with Gasteiger partial charge in [-0.1, -0.05) is 19.9 Å². The summed E-state index contributed by atoms with van der Waals surface area (Å²) in [7, 11) is 3.02. The minimum Gasteiger partial charge on any atom is -0.497 e. The van der Waals surface area contributed by atoms with E-state index < -0.39 is 17.6 Å². The van der Waals surface area contributed by atoms with Crippen LogP contribution in [-0.2, 0) is 9.53 Å². The lowest BCUT2D eigenvalue weighted by Gasteiger charge is -2.23. The van der Waals surface area contributed by atoms with Gasteiger partial charge in [-0.2, -0.15) is 0 Å². The molecule has 1 aromatic carbocycles. The van der Waals surface area contributed by atoms with Crippen molar-refractivity contribution in [1.82, 2.24) is 9.80 Å². The van der Waals surface area contributed by atoms with Gasteiger partial charge in [-0.3, -0.25) is 4.79 Å². The van der Waals surface area contributed by atoms with Crippen LogP contribution in [0.1, 0.15) is 51.5 Å². The molecule has 0 N–H and O–H groups in total. The largest absolute Gasteiger partial charge is 0.497 e. The summed E-state index contributed by atoms with van der Waals surface area (Å²) in [6.07, 6.45) is 5.44. The smallest absolute Gasteiger partial charge is 0.227 e. The molecular weight excluding hydrogens is 428 g/mol. The molecule has 0 aromatic heterocycles. The van der Waals surface area contributed by atoms with Gasteiger partial charge in [0.15, 0.2) is 0 Å². The maximum absolute atomic E-state index is 14.6. The van der Waals surface area contributed by atoms with E-state index in [9.17, 15) is 13.6 Å². The van der Waals surface area contributed by atoms with Gasteiger partial charge in [0, 0.05) is 56.8 Å². The molecule has 2 unspecified atom stereocenters. The molecule has 182 valence electrons. The molecule has 1 amide bonds. The molecule has 1 aliphatic rings. The van der Waals surface area contributed by atoms with Gasteiger partial charge in [0.1, 0.15) is 17.4 Å². The Hall–Kier alpha value is -2.74. The second-order valence-corrected chi connectivity index (χ2v) is 8.36. The van der Waals surface area contributed by atoms with Gasteiger partial charge in [0.2, 0.25) is 5.91 Å². The molecule has 0 saturated carbocycles. The van der Waals surface area contributed by atoms with Crippen molar-refractivity contribution in [3.05, 3.63) is 53.4 Å². The molecule has 1 saturated heterocycles. The molecule has 0 aliphatic carbocycles. The predicted molar refractivity (Wildman–Crippen MR) is 126 cm³/mol. The highest BCUT2D eigenvalue weighted by Gasteiger charge is 2.36. The van der Waals surface area contributed by atoms with E-state index in [1.165, 1.54) is 12.0 Å². The third kappa shape index (κ3) is 7.12. The van der Waals surface area contributed by atoms with E-state index in [4.69, 9.17) is 9.47 Å². The Morgan fingerprint density at radius 2 is 2.03 bits per heavy atom. The molecule has 1 aromatic rings. The number of methoxy groups -OCH3 is 2. The second kappa shape index (κ2) is 12.5. The summed E-state index contributed by atoms with van der Waals surface area (Å²) in [5, 5.41) is 0. The first kappa shape index (κ1) is 26.5. The molecule has 0 radical (unpaired) electrons. The third-order valence-corrected chi connectivity index (χ3v) is 5.67. The maximum Gasteiger partial charge on any atom is 0.227 e. The van der Waals surface area contributed by atoms with Crippen molar-refractivity contribution in [2.75, 3.05) is 33.9 Å². The number of unbranched alkanes of at least 4 members (excludes halogenated alkanes) is 1. The van der Waals surface area contributed by atoms with Crippen LogP contribution in [-0.4, -0.2) is 62.0 Å². The first-order valence-electron chi connectivity index (χ1n) is 11.2. The van der Waals surface area contributed by atoms with Crippen molar-refractivity contribution < 1.29 is 23.0 Å². The number of hydrogen-bond donors (Lipinski definition) is 0. The summed E-state index contributed by atoms with van der Waals surface area (Å²) < 4.78 is 39.4. The minimum atomic E-state index is -0.718. The number of aliphatic imine (C=N–C) groups is 1. The average Bonchev–Trinajstić information content (AvgIpc) is 3.14. The molecule has 1 fully saturated rings. The van der Waals surface area contributed by atoms with Crippen LogP contribution in [0, 0.1) is 11.6 Å². The first-order chi connectivity index (χ1) is 15.7. The Kier molecular flexibility index (Phi) is 10.0. The van der Waals surface area contributed by atoms with Gasteiger partial charge in [-0.25, -0.2) is 13.8 Å². The topological polar surface area (TPSA) is 54.4 Å². The summed E-state index contributed by atoms with van der Waals surface area (Å²) in [5.74, 6) is -2.18. The molecule has 0 spiro atoms. The van der Waals surface area contributed by atoms with Crippen molar-refractivity contribution in [3.63, 3.8) is 0 Å². The Bertz CT molecular complexity index is 878. The minimum absolute atomic E-state index is 0.00246. The number of halogens is 2. The zero-order valence-electron chi connectivity index (χ0n) is 20.2. The number of carbonyl (C=O) groups excluding carboxylic acids is 1. The number of carbonyl (C=O) groups is 1. The van der Waals surface area contributed by atoms with Crippen LogP contribution in [0.4, 0.5) is 8.78 Å². The van der Waals surface area contributed by atoms with Gasteiger partial charge in [0.05, 0.1) is 31.4 Å². The highest BCUT2D eigenvalue weighted by atomic mass is 19.1. The Morgan fingerprint density at radius 3 is 2.58 bits per heavy atom. The lowest BCUT2D eigenvalue weighted by atomic mass is 9.97. The van der Waals surface area contributed by atoms with Gasteiger partial charge < -0.3 is 19.3 Å². The van der Waals surface area contributed by atoms with E-state index >= 15 is 0 Å². The number of amides is 1. The molecule has 1 aliphatic heterocycles. The Labute approximate surface area is 195 Å². The predicted octanol–water partition coefficient (Wildman–Crippen LogP) is 4.87. The van der Waals surface area contributed by atoms with Crippen molar-refractivity contribution in [2.24, 2.45) is 4.99 Å². The molecule has 8 heteroatoms. The van der Waals surface area contributed by atoms with E-state index in [0.717, 1.165) is 31.5 Å². The maximum atomic E-state index is 14.6. The van der Waals surface area contributed by atoms with Crippen LogP contribution in [0.2, 0.25) is 0 Å². The van der Waals surface area contributed by atoms with E-state index in [1.54, 1.807) is 26.6 Å². The Morgan fingerprint density at radius 1 is 1.36 bits per heavy atom. The fourth-order valence-electron chi connectivity index (χ4n) is 3.77. The van der Waals surface area contributed by atoms with Crippen molar-refractivity contribution in [1.29, 1.82) is 0 Å². The number of rotatable bonds is 12. The van der Waals surface area contributed by atoms with E-state index in [1.807, 2.05) is 6.92 Å². The van der Waals surface area contributed by atoms with Gasteiger partial charge in [-0.15, -0.1) is 0 Å². The van der Waals surface area contributed by atoms with Crippen LogP contribution in [0.15, 0.2) is 41.2 Å².